The van der Waals surface area contributed by atoms with Crippen LogP contribution in [-0.4, -0.2) is 31.5 Å². The molecule has 0 saturated carbocycles. The van der Waals surface area contributed by atoms with E-state index in [-0.39, 0.29) is 12.5 Å². The van der Waals surface area contributed by atoms with E-state index in [1.54, 1.807) is 38.4 Å². The van der Waals surface area contributed by atoms with Gasteiger partial charge in [0, 0.05) is 19.1 Å². The zero-order valence-corrected chi connectivity index (χ0v) is 8.91. The lowest BCUT2D eigenvalue weighted by Crippen LogP contribution is -2.27. The van der Waals surface area contributed by atoms with Gasteiger partial charge in [-0.15, -0.1) is 0 Å². The van der Waals surface area contributed by atoms with Gasteiger partial charge in [0.05, 0.1) is 0 Å². The van der Waals surface area contributed by atoms with Crippen molar-refractivity contribution in [3.63, 3.8) is 0 Å². The van der Waals surface area contributed by atoms with E-state index in [0.717, 1.165) is 0 Å². The van der Waals surface area contributed by atoms with Crippen molar-refractivity contribution in [1.29, 1.82) is 0 Å². The van der Waals surface area contributed by atoms with Crippen LogP contribution in [0.15, 0.2) is 24.3 Å². The minimum absolute atomic E-state index is 0.0351. The Morgan fingerprint density at radius 1 is 1.50 bits per heavy atom. The smallest absolute Gasteiger partial charge is 0.259 e. The topological polar surface area (TPSA) is 29.5 Å². The van der Waals surface area contributed by atoms with Gasteiger partial charge in [-0.3, -0.25) is 4.79 Å². The molecule has 0 radical (unpaired) electrons. The summed E-state index contributed by atoms with van der Waals surface area (Å²) in [4.78, 5) is 12.6. The summed E-state index contributed by atoms with van der Waals surface area (Å²) in [6.07, 6.45) is 0. The second-order valence-electron chi connectivity index (χ2n) is 3.03. The summed E-state index contributed by atoms with van der Waals surface area (Å²) in [7, 11) is 3.37. The van der Waals surface area contributed by atoms with Crippen LogP contribution in [0.5, 0.6) is 5.75 Å². The first-order chi connectivity index (χ1) is 6.59. The van der Waals surface area contributed by atoms with Crippen LogP contribution >= 0.6 is 11.6 Å². The minimum Gasteiger partial charge on any atom is -0.484 e. The normalized spacial score (nSPS) is 9.64. The van der Waals surface area contributed by atoms with E-state index in [1.807, 2.05) is 0 Å². The van der Waals surface area contributed by atoms with E-state index in [4.69, 9.17) is 16.3 Å². The van der Waals surface area contributed by atoms with Gasteiger partial charge in [-0.1, -0.05) is 17.7 Å². The van der Waals surface area contributed by atoms with Crippen molar-refractivity contribution in [1.82, 2.24) is 4.90 Å². The first kappa shape index (κ1) is 10.9. The number of hydrogen-bond donors (Lipinski definition) is 0. The maximum absolute atomic E-state index is 11.2. The summed E-state index contributed by atoms with van der Waals surface area (Å²) >= 11 is 5.75. The quantitative estimate of drug-likeness (QED) is 0.767. The van der Waals surface area contributed by atoms with Gasteiger partial charge in [0.15, 0.2) is 6.61 Å². The van der Waals surface area contributed by atoms with Crippen molar-refractivity contribution in [3.8, 4) is 5.75 Å². The lowest BCUT2D eigenvalue weighted by atomic mass is 10.3. The SMILES string of the molecule is CN(C)C(=O)COc1cccc(Cl)c1. The molecule has 0 aliphatic carbocycles. The van der Waals surface area contributed by atoms with E-state index >= 15 is 0 Å². The Balaban J connectivity index is 2.50. The molecule has 0 atom stereocenters. The lowest BCUT2D eigenvalue weighted by molar-refractivity contribution is -0.130. The van der Waals surface area contributed by atoms with Crippen molar-refractivity contribution >= 4 is 17.5 Å². The van der Waals surface area contributed by atoms with E-state index in [2.05, 4.69) is 0 Å². The summed E-state index contributed by atoms with van der Waals surface area (Å²) in [6, 6.07) is 6.96. The van der Waals surface area contributed by atoms with Crippen LogP contribution in [0.1, 0.15) is 0 Å². The second-order valence-corrected chi connectivity index (χ2v) is 3.47. The van der Waals surface area contributed by atoms with Crippen LogP contribution < -0.4 is 4.74 Å². The molecular weight excluding hydrogens is 202 g/mol. The fraction of sp³-hybridized carbons (Fsp3) is 0.300. The van der Waals surface area contributed by atoms with Crippen LogP contribution in [0, 0.1) is 0 Å². The van der Waals surface area contributed by atoms with Crippen LogP contribution in [0.4, 0.5) is 0 Å². The highest BCUT2D eigenvalue weighted by atomic mass is 35.5. The van der Waals surface area contributed by atoms with Gasteiger partial charge in [-0.05, 0) is 18.2 Å². The Hall–Kier alpha value is -1.22. The number of carbonyl (C=O) groups excluding carboxylic acids is 1. The third kappa shape index (κ3) is 3.26. The maximum atomic E-state index is 11.2. The van der Waals surface area contributed by atoms with Crippen LogP contribution in [0.25, 0.3) is 0 Å². The fourth-order valence-corrected chi connectivity index (χ4v) is 1.01. The number of amides is 1. The minimum atomic E-state index is -0.0787. The van der Waals surface area contributed by atoms with E-state index < -0.39 is 0 Å². The third-order valence-corrected chi connectivity index (χ3v) is 1.89. The van der Waals surface area contributed by atoms with Crippen molar-refractivity contribution < 1.29 is 9.53 Å². The number of halogens is 1. The predicted molar refractivity (Wildman–Crippen MR) is 55.6 cm³/mol. The van der Waals surface area contributed by atoms with Crippen LogP contribution in [0.2, 0.25) is 5.02 Å². The van der Waals surface area contributed by atoms with Crippen molar-refractivity contribution in [2.24, 2.45) is 0 Å². The zero-order valence-electron chi connectivity index (χ0n) is 8.16. The highest BCUT2D eigenvalue weighted by Gasteiger charge is 2.04. The first-order valence-corrected chi connectivity index (χ1v) is 4.56. The van der Waals surface area contributed by atoms with E-state index in [9.17, 15) is 4.79 Å². The summed E-state index contributed by atoms with van der Waals surface area (Å²) < 4.78 is 5.23. The number of ether oxygens (including phenoxy) is 1. The molecule has 1 amide bonds. The molecule has 0 fully saturated rings. The standard InChI is InChI=1S/C10H12ClNO2/c1-12(2)10(13)7-14-9-5-3-4-8(11)6-9/h3-6H,7H2,1-2H3. The molecule has 1 rings (SSSR count). The number of carbonyl (C=O) groups is 1. The van der Waals surface area contributed by atoms with Gasteiger partial charge in [-0.2, -0.15) is 0 Å². The third-order valence-electron chi connectivity index (χ3n) is 1.66. The van der Waals surface area contributed by atoms with Gasteiger partial charge in [0.25, 0.3) is 5.91 Å². The molecule has 0 unspecified atom stereocenters. The zero-order chi connectivity index (χ0) is 10.6. The number of likely N-dealkylation sites (N-methyl/N-ethyl adjacent to an activating group) is 1. The fourth-order valence-electron chi connectivity index (χ4n) is 0.831. The summed E-state index contributed by atoms with van der Waals surface area (Å²) in [5, 5.41) is 0.597. The highest BCUT2D eigenvalue weighted by molar-refractivity contribution is 6.30. The van der Waals surface area contributed by atoms with Crippen molar-refractivity contribution in [2.45, 2.75) is 0 Å². The Morgan fingerprint density at radius 2 is 2.21 bits per heavy atom. The molecule has 0 aliphatic rings. The molecule has 0 aromatic heterocycles. The number of nitrogens with zero attached hydrogens (tertiary/aromatic N) is 1. The highest BCUT2D eigenvalue weighted by Crippen LogP contribution is 2.16. The van der Waals surface area contributed by atoms with Crippen LogP contribution in [0.3, 0.4) is 0 Å². The number of rotatable bonds is 3. The largest absolute Gasteiger partial charge is 0.484 e. The Kier molecular flexibility index (Phi) is 3.77. The molecule has 1 aromatic carbocycles. The lowest BCUT2D eigenvalue weighted by Gasteiger charge is -2.11. The maximum Gasteiger partial charge on any atom is 0.259 e. The molecule has 14 heavy (non-hydrogen) atoms. The van der Waals surface area contributed by atoms with Crippen LogP contribution in [-0.2, 0) is 4.79 Å². The Bertz CT molecular complexity index is 326. The molecule has 0 bridgehead atoms. The molecule has 76 valence electrons. The van der Waals surface area contributed by atoms with Gasteiger partial charge < -0.3 is 9.64 Å². The molecule has 1 aromatic rings. The molecule has 0 aliphatic heterocycles. The second kappa shape index (κ2) is 4.86. The van der Waals surface area contributed by atoms with Gasteiger partial charge >= 0.3 is 0 Å². The summed E-state index contributed by atoms with van der Waals surface area (Å²) in [6.45, 7) is 0.0351. The first-order valence-electron chi connectivity index (χ1n) is 4.18. The van der Waals surface area contributed by atoms with Gasteiger partial charge in [-0.25, -0.2) is 0 Å². The summed E-state index contributed by atoms with van der Waals surface area (Å²) in [5.74, 6) is 0.526. The predicted octanol–water partition coefficient (Wildman–Crippen LogP) is 1.81. The molecular formula is C10H12ClNO2. The van der Waals surface area contributed by atoms with Gasteiger partial charge in [0.1, 0.15) is 5.75 Å². The molecule has 3 nitrogen and oxygen atoms in total. The molecule has 4 heteroatoms. The average molecular weight is 214 g/mol. The van der Waals surface area contributed by atoms with E-state index in [0.29, 0.717) is 10.8 Å². The molecule has 0 N–H and O–H groups in total. The molecule has 0 spiro atoms. The van der Waals surface area contributed by atoms with Crippen molar-refractivity contribution in [3.05, 3.63) is 29.3 Å². The van der Waals surface area contributed by atoms with Gasteiger partial charge in [0.2, 0.25) is 0 Å². The molecule has 0 heterocycles. The van der Waals surface area contributed by atoms with E-state index in [1.165, 1.54) is 4.90 Å². The van der Waals surface area contributed by atoms with Crippen molar-refractivity contribution in [2.75, 3.05) is 20.7 Å². The monoisotopic (exact) mass is 213 g/mol. The Labute approximate surface area is 88.2 Å². The summed E-state index contributed by atoms with van der Waals surface area (Å²) in [5.41, 5.74) is 0. The number of benzene rings is 1. The molecule has 0 saturated heterocycles. The average Bonchev–Trinajstić information content (AvgIpc) is 2.14. The number of hydrogen-bond acceptors (Lipinski definition) is 2. The Morgan fingerprint density at radius 3 is 2.79 bits per heavy atom.